The predicted octanol–water partition coefficient (Wildman–Crippen LogP) is 1.35. The number of carbonyl (C=O) groups is 3. The first kappa shape index (κ1) is 14.2. The third-order valence-electron chi connectivity index (χ3n) is 3.40. The number of thioether (sulfide) groups is 1. The van der Waals surface area contributed by atoms with Crippen molar-refractivity contribution in [1.82, 2.24) is 4.90 Å². The van der Waals surface area contributed by atoms with Crippen LogP contribution >= 0.6 is 23.1 Å². The van der Waals surface area contributed by atoms with E-state index >= 15 is 0 Å². The van der Waals surface area contributed by atoms with E-state index in [4.69, 9.17) is 5.11 Å². The minimum atomic E-state index is -1.11. The Balaban J connectivity index is 1.92. The molecule has 8 heteroatoms. The molecule has 2 amide bonds. The maximum atomic E-state index is 12.4. The molecule has 1 saturated heterocycles. The second-order valence-corrected chi connectivity index (χ2v) is 6.69. The minimum absolute atomic E-state index is 0.00896. The van der Waals surface area contributed by atoms with Crippen LogP contribution in [0.1, 0.15) is 6.92 Å². The minimum Gasteiger partial charge on any atom is -0.477 e. The quantitative estimate of drug-likeness (QED) is 0.849. The van der Waals surface area contributed by atoms with Gasteiger partial charge in [-0.3, -0.25) is 19.4 Å². The molecule has 0 radical (unpaired) electrons. The van der Waals surface area contributed by atoms with Crippen LogP contribution in [-0.4, -0.2) is 45.0 Å². The van der Waals surface area contributed by atoms with E-state index in [1.165, 1.54) is 45.9 Å². The van der Waals surface area contributed by atoms with Crippen LogP contribution in [0.5, 0.6) is 0 Å². The highest BCUT2D eigenvalue weighted by Crippen LogP contribution is 2.42. The van der Waals surface area contributed by atoms with E-state index in [0.717, 1.165) is 0 Å². The van der Waals surface area contributed by atoms with E-state index in [1.54, 1.807) is 6.07 Å². The number of hydrogen-bond donors (Lipinski definition) is 1. The molecule has 110 valence electrons. The standard InChI is InChI=1S/C13H12N2O4S2/c1-7(16)14(9-3-2-5-20-9)10-11(17)15-8(13(18)19)4-6-21-12(10)15/h2-5,10,12H,6H2,1H3,(H,18,19)/t10-,12-/m1/s1. The van der Waals surface area contributed by atoms with Gasteiger partial charge in [-0.1, -0.05) is 0 Å². The number of aliphatic carboxylic acids is 1. The van der Waals surface area contributed by atoms with E-state index in [0.29, 0.717) is 10.8 Å². The summed E-state index contributed by atoms with van der Waals surface area (Å²) < 4.78 is 0. The van der Waals surface area contributed by atoms with Crippen LogP contribution in [0.15, 0.2) is 29.3 Å². The number of β-lactam (4-membered cyclic amide) rings is 1. The van der Waals surface area contributed by atoms with Gasteiger partial charge in [-0.15, -0.1) is 23.1 Å². The van der Waals surface area contributed by atoms with Crippen molar-refractivity contribution in [3.8, 4) is 0 Å². The molecule has 2 atom stereocenters. The molecule has 0 aliphatic carbocycles. The van der Waals surface area contributed by atoms with Crippen molar-refractivity contribution in [1.29, 1.82) is 0 Å². The highest BCUT2D eigenvalue weighted by Gasteiger charge is 2.55. The van der Waals surface area contributed by atoms with E-state index in [2.05, 4.69) is 0 Å². The summed E-state index contributed by atoms with van der Waals surface area (Å²) in [5, 5.41) is 11.4. The highest BCUT2D eigenvalue weighted by atomic mass is 32.2. The molecule has 1 aromatic heterocycles. The number of amides is 2. The maximum absolute atomic E-state index is 12.4. The molecule has 1 fully saturated rings. The van der Waals surface area contributed by atoms with E-state index in [9.17, 15) is 14.4 Å². The third kappa shape index (κ3) is 2.14. The molecule has 3 heterocycles. The molecule has 3 rings (SSSR count). The fourth-order valence-electron chi connectivity index (χ4n) is 2.52. The fraction of sp³-hybridized carbons (Fsp3) is 0.308. The zero-order valence-corrected chi connectivity index (χ0v) is 12.7. The summed E-state index contributed by atoms with van der Waals surface area (Å²) in [6, 6.07) is 2.96. The Bertz CT molecular complexity index is 641. The summed E-state index contributed by atoms with van der Waals surface area (Å²) in [6.07, 6.45) is 1.53. The van der Waals surface area contributed by atoms with E-state index in [1.807, 2.05) is 11.4 Å². The average molecular weight is 324 g/mol. The molecule has 0 unspecified atom stereocenters. The zero-order valence-electron chi connectivity index (χ0n) is 11.1. The van der Waals surface area contributed by atoms with Crippen molar-refractivity contribution in [2.24, 2.45) is 0 Å². The number of carboxylic acids is 1. The Kier molecular flexibility index (Phi) is 3.50. The van der Waals surface area contributed by atoms with Crippen LogP contribution < -0.4 is 4.90 Å². The molecular weight excluding hydrogens is 312 g/mol. The molecular formula is C13H12N2O4S2. The molecule has 2 aliphatic rings. The maximum Gasteiger partial charge on any atom is 0.352 e. The number of rotatable bonds is 3. The number of thiophene rings is 1. The van der Waals surface area contributed by atoms with Crippen molar-refractivity contribution in [2.45, 2.75) is 18.3 Å². The smallest absolute Gasteiger partial charge is 0.352 e. The van der Waals surface area contributed by atoms with Crippen LogP contribution in [-0.2, 0) is 14.4 Å². The Morgan fingerprint density at radius 2 is 2.24 bits per heavy atom. The second-order valence-electron chi connectivity index (χ2n) is 4.61. The van der Waals surface area contributed by atoms with Gasteiger partial charge in [0.15, 0.2) is 0 Å². The topological polar surface area (TPSA) is 77.9 Å². The lowest BCUT2D eigenvalue weighted by Gasteiger charge is -2.51. The summed E-state index contributed by atoms with van der Waals surface area (Å²) in [5.74, 6) is -1.16. The van der Waals surface area contributed by atoms with Crippen molar-refractivity contribution >= 4 is 45.9 Å². The van der Waals surface area contributed by atoms with Gasteiger partial charge in [-0.05, 0) is 23.6 Å². The summed E-state index contributed by atoms with van der Waals surface area (Å²) >= 11 is 2.84. The van der Waals surface area contributed by atoms with Gasteiger partial charge in [0.25, 0.3) is 5.91 Å². The van der Waals surface area contributed by atoms with Gasteiger partial charge in [-0.25, -0.2) is 4.79 Å². The number of anilines is 1. The van der Waals surface area contributed by atoms with Gasteiger partial charge in [0, 0.05) is 12.7 Å². The molecule has 1 aromatic rings. The first-order valence-corrected chi connectivity index (χ1v) is 8.16. The Labute approximate surface area is 129 Å². The first-order chi connectivity index (χ1) is 10.0. The third-order valence-corrected chi connectivity index (χ3v) is 5.44. The lowest BCUT2D eigenvalue weighted by atomic mass is 10.0. The molecule has 6 nitrogen and oxygen atoms in total. The zero-order chi connectivity index (χ0) is 15.1. The van der Waals surface area contributed by atoms with Crippen LogP contribution in [0.4, 0.5) is 5.00 Å². The molecule has 21 heavy (non-hydrogen) atoms. The van der Waals surface area contributed by atoms with Crippen molar-refractivity contribution < 1.29 is 19.5 Å². The number of fused-ring (bicyclic) bond motifs is 1. The van der Waals surface area contributed by atoms with Crippen LogP contribution in [0, 0.1) is 0 Å². The number of nitrogens with zero attached hydrogens (tertiary/aromatic N) is 2. The normalized spacial score (nSPS) is 24.0. The molecule has 0 saturated carbocycles. The number of hydrogen-bond acceptors (Lipinski definition) is 5. The predicted molar refractivity (Wildman–Crippen MR) is 80.1 cm³/mol. The highest BCUT2D eigenvalue weighted by molar-refractivity contribution is 8.00. The van der Waals surface area contributed by atoms with Gasteiger partial charge >= 0.3 is 5.97 Å². The number of carboxylic acid groups (broad SMARTS) is 1. The van der Waals surface area contributed by atoms with E-state index in [-0.39, 0.29) is 22.9 Å². The second kappa shape index (κ2) is 5.19. The molecule has 0 spiro atoms. The fourth-order valence-corrected chi connectivity index (χ4v) is 4.57. The summed E-state index contributed by atoms with van der Waals surface area (Å²) in [4.78, 5) is 38.2. The van der Waals surface area contributed by atoms with Gasteiger partial charge in [0.1, 0.15) is 17.1 Å². The van der Waals surface area contributed by atoms with Gasteiger partial charge in [-0.2, -0.15) is 0 Å². The van der Waals surface area contributed by atoms with Crippen LogP contribution in [0.2, 0.25) is 0 Å². The molecule has 0 bridgehead atoms. The Morgan fingerprint density at radius 3 is 2.81 bits per heavy atom. The average Bonchev–Trinajstić information content (AvgIpc) is 2.96. The lowest BCUT2D eigenvalue weighted by Crippen LogP contribution is -2.71. The van der Waals surface area contributed by atoms with Crippen LogP contribution in [0.25, 0.3) is 0 Å². The number of carbonyl (C=O) groups excluding carboxylic acids is 2. The molecule has 2 aliphatic heterocycles. The van der Waals surface area contributed by atoms with E-state index < -0.39 is 12.0 Å². The summed E-state index contributed by atoms with van der Waals surface area (Å²) in [6.45, 7) is 1.41. The summed E-state index contributed by atoms with van der Waals surface area (Å²) in [5.41, 5.74) is 0.00896. The van der Waals surface area contributed by atoms with Crippen LogP contribution in [0.3, 0.4) is 0 Å². The van der Waals surface area contributed by atoms with Gasteiger partial charge in [0.2, 0.25) is 5.91 Å². The summed E-state index contributed by atoms with van der Waals surface area (Å²) in [7, 11) is 0. The van der Waals surface area contributed by atoms with Gasteiger partial charge in [0.05, 0.1) is 5.00 Å². The molecule has 0 aromatic carbocycles. The SMILES string of the molecule is CC(=O)N(c1cccs1)[C@@H]1C(=O)N2C(C(=O)O)=CCS[C@H]12. The monoisotopic (exact) mass is 324 g/mol. The van der Waals surface area contributed by atoms with Crippen molar-refractivity contribution in [3.05, 3.63) is 29.3 Å². The van der Waals surface area contributed by atoms with Gasteiger partial charge < -0.3 is 5.11 Å². The molecule has 1 N–H and O–H groups in total. The Morgan fingerprint density at radius 1 is 1.48 bits per heavy atom. The van der Waals surface area contributed by atoms with Crippen molar-refractivity contribution in [2.75, 3.05) is 10.7 Å². The van der Waals surface area contributed by atoms with Crippen molar-refractivity contribution in [3.63, 3.8) is 0 Å². The lowest BCUT2D eigenvalue weighted by molar-refractivity contribution is -0.148. The largest absolute Gasteiger partial charge is 0.477 e. The first-order valence-electron chi connectivity index (χ1n) is 6.24. The Hall–Kier alpha value is -1.80.